The van der Waals surface area contributed by atoms with Gasteiger partial charge in [0.2, 0.25) is 0 Å². The molecule has 26 heavy (non-hydrogen) atoms. The molecule has 0 aromatic heterocycles. The lowest BCUT2D eigenvalue weighted by Gasteiger charge is -2.33. The molecule has 1 nitrogen and oxygen atoms in total. The Balaban J connectivity index is 2.35. The molecule has 0 saturated carbocycles. The quantitative estimate of drug-likeness (QED) is 0.623. The van der Waals surface area contributed by atoms with E-state index in [4.69, 9.17) is 0 Å². The monoisotopic (exact) mass is 363 g/mol. The summed E-state index contributed by atoms with van der Waals surface area (Å²) in [6.45, 7) is 2.52. The smallest absolute Gasteiger partial charge is 0.256 e. The number of halogens is 5. The molecule has 1 aliphatic rings. The number of nitrogens with zero attached hydrogens (tertiary/aromatic N) is 1. The van der Waals surface area contributed by atoms with Gasteiger partial charge in [-0.2, -0.15) is 0 Å². The van der Waals surface area contributed by atoms with Crippen molar-refractivity contribution in [2.45, 2.75) is 6.43 Å². The van der Waals surface area contributed by atoms with E-state index < -0.39 is 36.0 Å². The Morgan fingerprint density at radius 3 is 2.08 bits per heavy atom. The fraction of sp³-hybridized carbons (Fsp3) is 0.100. The number of rotatable bonds is 4. The highest BCUT2D eigenvalue weighted by Crippen LogP contribution is 2.41. The van der Waals surface area contributed by atoms with Gasteiger partial charge in [-0.3, -0.25) is 0 Å². The van der Waals surface area contributed by atoms with Gasteiger partial charge in [0.05, 0.1) is 23.5 Å². The first kappa shape index (κ1) is 17.9. The molecule has 1 aliphatic heterocycles. The van der Waals surface area contributed by atoms with Crippen LogP contribution in [0.3, 0.4) is 0 Å². The van der Waals surface area contributed by atoms with Gasteiger partial charge in [-0.1, -0.05) is 43.0 Å². The normalized spacial score (nSPS) is 14.9. The second kappa shape index (κ2) is 7.15. The second-order valence-corrected chi connectivity index (χ2v) is 5.67. The Bertz CT molecular complexity index is 879. The second-order valence-electron chi connectivity index (χ2n) is 5.67. The Kier molecular flexibility index (Phi) is 4.93. The largest absolute Gasteiger partial charge is 0.333 e. The number of allylic oxidation sites excluding steroid dienone is 3. The third-order valence-corrected chi connectivity index (χ3v) is 4.00. The van der Waals surface area contributed by atoms with Gasteiger partial charge in [0.1, 0.15) is 17.5 Å². The molecule has 2 aromatic rings. The molecule has 1 heterocycles. The summed E-state index contributed by atoms with van der Waals surface area (Å²) in [6.07, 6.45) is -1.81. The van der Waals surface area contributed by atoms with E-state index in [1.54, 1.807) is 30.3 Å². The number of alkyl halides is 2. The van der Waals surface area contributed by atoms with Crippen LogP contribution in [0, 0.1) is 11.6 Å². The molecule has 0 fully saturated rings. The van der Waals surface area contributed by atoms with Gasteiger partial charge in [-0.15, -0.1) is 0 Å². The van der Waals surface area contributed by atoms with E-state index in [9.17, 15) is 22.0 Å². The van der Waals surface area contributed by atoms with Crippen LogP contribution < -0.4 is 0 Å². The zero-order valence-electron chi connectivity index (χ0n) is 13.5. The number of benzene rings is 2. The summed E-state index contributed by atoms with van der Waals surface area (Å²) in [4.78, 5) is 0.823. The maximum Gasteiger partial charge on any atom is 0.256 e. The minimum Gasteiger partial charge on any atom is -0.333 e. The summed E-state index contributed by atoms with van der Waals surface area (Å²) < 4.78 is 69.4. The molecule has 0 saturated heterocycles. The molecule has 6 heteroatoms. The maximum atomic E-state index is 14.4. The summed E-state index contributed by atoms with van der Waals surface area (Å²) in [6, 6.07) is 11.4. The molecule has 0 amide bonds. The van der Waals surface area contributed by atoms with Crippen molar-refractivity contribution in [2.75, 3.05) is 6.54 Å². The van der Waals surface area contributed by atoms with Crippen molar-refractivity contribution in [2.24, 2.45) is 0 Å². The van der Waals surface area contributed by atoms with Crippen molar-refractivity contribution in [3.05, 3.63) is 95.5 Å². The summed E-state index contributed by atoms with van der Waals surface area (Å²) >= 11 is 0. The van der Waals surface area contributed by atoms with Crippen LogP contribution in [0.4, 0.5) is 22.0 Å². The zero-order valence-corrected chi connectivity index (χ0v) is 13.5. The van der Waals surface area contributed by atoms with Gasteiger partial charge in [-0.25, -0.2) is 22.0 Å². The van der Waals surface area contributed by atoms with Gasteiger partial charge in [-0.05, 0) is 23.8 Å². The van der Waals surface area contributed by atoms with E-state index in [-0.39, 0.29) is 17.0 Å². The first-order chi connectivity index (χ1) is 12.4. The SMILES string of the molecule is C=C1C(F)=CC(c2ccccc2)=C(c2c(F)cccc2F)N1CC(F)F. The molecule has 0 atom stereocenters. The van der Waals surface area contributed by atoms with Gasteiger partial charge < -0.3 is 4.90 Å². The van der Waals surface area contributed by atoms with Gasteiger partial charge in [0.15, 0.2) is 0 Å². The van der Waals surface area contributed by atoms with Crippen LogP contribution in [0.5, 0.6) is 0 Å². The molecule has 2 aromatic carbocycles. The summed E-state index contributed by atoms with van der Waals surface area (Å²) in [5.74, 6) is -2.71. The van der Waals surface area contributed by atoms with Crippen molar-refractivity contribution < 1.29 is 22.0 Å². The van der Waals surface area contributed by atoms with E-state index in [1.165, 1.54) is 6.07 Å². The standard InChI is InChI=1S/C20H14F5N/c1-12-17(23)10-14(13-6-3-2-4-7-13)20(26(12)11-18(24)25)19-15(21)8-5-9-16(19)22/h2-10,18H,1,11H2. The van der Waals surface area contributed by atoms with Crippen LogP contribution in [0.25, 0.3) is 11.3 Å². The minimum absolute atomic E-state index is 0.0974. The molecular weight excluding hydrogens is 349 g/mol. The Morgan fingerprint density at radius 2 is 1.50 bits per heavy atom. The minimum atomic E-state index is -2.86. The zero-order chi connectivity index (χ0) is 18.8. The Labute approximate surface area is 147 Å². The topological polar surface area (TPSA) is 3.24 Å². The molecule has 0 spiro atoms. The highest BCUT2D eigenvalue weighted by Gasteiger charge is 2.31. The summed E-state index contributed by atoms with van der Waals surface area (Å²) in [5, 5.41) is 0. The fourth-order valence-corrected chi connectivity index (χ4v) is 2.86. The van der Waals surface area contributed by atoms with Crippen LogP contribution in [0.2, 0.25) is 0 Å². The van der Waals surface area contributed by atoms with E-state index in [0.717, 1.165) is 23.1 Å². The predicted molar refractivity (Wildman–Crippen MR) is 90.7 cm³/mol. The van der Waals surface area contributed by atoms with Crippen LogP contribution >= 0.6 is 0 Å². The van der Waals surface area contributed by atoms with Crippen molar-refractivity contribution in [3.8, 4) is 0 Å². The van der Waals surface area contributed by atoms with Crippen LogP contribution in [0.15, 0.2) is 72.7 Å². The Hall–Kier alpha value is -2.89. The van der Waals surface area contributed by atoms with Gasteiger partial charge in [0, 0.05) is 5.57 Å². The molecule has 0 unspecified atom stereocenters. The average molecular weight is 363 g/mol. The third-order valence-electron chi connectivity index (χ3n) is 4.00. The Morgan fingerprint density at radius 1 is 0.885 bits per heavy atom. The average Bonchev–Trinajstić information content (AvgIpc) is 2.60. The van der Waals surface area contributed by atoms with Crippen molar-refractivity contribution in [1.29, 1.82) is 0 Å². The molecule has 0 N–H and O–H groups in total. The molecule has 0 bridgehead atoms. The van der Waals surface area contributed by atoms with Crippen LogP contribution in [-0.4, -0.2) is 17.9 Å². The first-order valence-electron chi connectivity index (χ1n) is 7.76. The lowest BCUT2D eigenvalue weighted by atomic mass is 9.94. The lowest BCUT2D eigenvalue weighted by Crippen LogP contribution is -2.30. The van der Waals surface area contributed by atoms with Crippen LogP contribution in [-0.2, 0) is 0 Å². The first-order valence-corrected chi connectivity index (χ1v) is 7.76. The summed E-state index contributed by atoms with van der Waals surface area (Å²) in [7, 11) is 0. The van der Waals surface area contributed by atoms with E-state index in [1.807, 2.05) is 0 Å². The summed E-state index contributed by atoms with van der Waals surface area (Å²) in [5.41, 5.74) is -0.523. The van der Waals surface area contributed by atoms with Crippen molar-refractivity contribution in [3.63, 3.8) is 0 Å². The highest BCUT2D eigenvalue weighted by atomic mass is 19.3. The van der Waals surface area contributed by atoms with Crippen molar-refractivity contribution >= 4 is 11.3 Å². The number of hydrogen-bond donors (Lipinski definition) is 0. The molecular formula is C20H14F5N. The van der Waals surface area contributed by atoms with E-state index >= 15 is 0 Å². The van der Waals surface area contributed by atoms with Gasteiger partial charge >= 0.3 is 0 Å². The van der Waals surface area contributed by atoms with E-state index in [0.29, 0.717) is 5.56 Å². The van der Waals surface area contributed by atoms with Crippen molar-refractivity contribution in [1.82, 2.24) is 4.90 Å². The molecule has 134 valence electrons. The maximum absolute atomic E-state index is 14.4. The third kappa shape index (κ3) is 3.27. The van der Waals surface area contributed by atoms with Gasteiger partial charge in [0.25, 0.3) is 6.43 Å². The van der Waals surface area contributed by atoms with Crippen LogP contribution in [0.1, 0.15) is 11.1 Å². The lowest BCUT2D eigenvalue weighted by molar-refractivity contribution is 0.122. The fourth-order valence-electron chi connectivity index (χ4n) is 2.86. The molecule has 0 radical (unpaired) electrons. The number of hydrogen-bond acceptors (Lipinski definition) is 1. The molecule has 3 rings (SSSR count). The highest BCUT2D eigenvalue weighted by molar-refractivity contribution is 5.97. The molecule has 0 aliphatic carbocycles. The predicted octanol–water partition coefficient (Wildman–Crippen LogP) is 5.78. The van der Waals surface area contributed by atoms with E-state index in [2.05, 4.69) is 6.58 Å².